The lowest BCUT2D eigenvalue weighted by Gasteiger charge is -2.03. The summed E-state index contributed by atoms with van der Waals surface area (Å²) in [5.74, 6) is 6.72. The van der Waals surface area contributed by atoms with Crippen molar-refractivity contribution in [3.63, 3.8) is 0 Å². The van der Waals surface area contributed by atoms with Gasteiger partial charge in [0.2, 0.25) is 5.91 Å². The normalized spacial score (nSPS) is 12.6. The highest BCUT2D eigenvalue weighted by Crippen LogP contribution is 2.05. The second kappa shape index (κ2) is 7.39. The number of hydrogen-bond acceptors (Lipinski definition) is 4. The Morgan fingerprint density at radius 3 is 2.83 bits per heavy atom. The van der Waals surface area contributed by atoms with E-state index in [9.17, 15) is 4.79 Å². The van der Waals surface area contributed by atoms with E-state index in [1.165, 1.54) is 0 Å². The molecule has 0 aromatic heterocycles. The maximum atomic E-state index is 10.6. The fourth-order valence-corrected chi connectivity index (χ4v) is 1.56. The lowest BCUT2D eigenvalue weighted by Crippen LogP contribution is -2.29. The fraction of sp³-hybridized carbons (Fsp3) is 0.857. The highest BCUT2D eigenvalue weighted by molar-refractivity contribution is 7.99. The first-order chi connectivity index (χ1) is 5.66. The molecule has 0 aromatic carbocycles. The van der Waals surface area contributed by atoms with Crippen molar-refractivity contribution in [1.29, 1.82) is 0 Å². The average Bonchev–Trinajstić information content (AvgIpc) is 2.03. The van der Waals surface area contributed by atoms with Gasteiger partial charge in [0.15, 0.2) is 0 Å². The van der Waals surface area contributed by atoms with E-state index in [4.69, 9.17) is 11.6 Å². The molecule has 0 aromatic rings. The van der Waals surface area contributed by atoms with Gasteiger partial charge >= 0.3 is 0 Å². The van der Waals surface area contributed by atoms with Gasteiger partial charge in [-0.05, 0) is 19.1 Å². The van der Waals surface area contributed by atoms with Gasteiger partial charge in [-0.25, -0.2) is 5.84 Å². The average molecular weight is 191 g/mol. The van der Waals surface area contributed by atoms with E-state index < -0.39 is 0 Å². The Kier molecular flexibility index (Phi) is 7.23. The van der Waals surface area contributed by atoms with Crippen LogP contribution in [0.1, 0.15) is 19.8 Å². The van der Waals surface area contributed by atoms with Gasteiger partial charge < -0.3 is 5.73 Å². The molecule has 12 heavy (non-hydrogen) atoms. The molecule has 0 saturated heterocycles. The molecule has 72 valence electrons. The third-order valence-electron chi connectivity index (χ3n) is 1.23. The van der Waals surface area contributed by atoms with Crippen LogP contribution in [0.25, 0.3) is 0 Å². The van der Waals surface area contributed by atoms with Gasteiger partial charge in [0.05, 0.1) is 0 Å². The number of rotatable bonds is 6. The van der Waals surface area contributed by atoms with Crippen LogP contribution in [0.2, 0.25) is 0 Å². The molecule has 0 rings (SSSR count). The van der Waals surface area contributed by atoms with E-state index in [0.717, 1.165) is 17.9 Å². The smallest absolute Gasteiger partial charge is 0.233 e. The van der Waals surface area contributed by atoms with E-state index in [1.54, 1.807) is 11.8 Å². The van der Waals surface area contributed by atoms with Crippen molar-refractivity contribution in [3.8, 4) is 0 Å². The van der Waals surface area contributed by atoms with Crippen molar-refractivity contribution < 1.29 is 4.79 Å². The van der Waals surface area contributed by atoms with Gasteiger partial charge in [-0.1, -0.05) is 0 Å². The summed E-state index contributed by atoms with van der Waals surface area (Å²) in [6, 6.07) is 0.235. The van der Waals surface area contributed by atoms with Crippen LogP contribution in [-0.2, 0) is 4.79 Å². The Morgan fingerprint density at radius 1 is 1.67 bits per heavy atom. The highest BCUT2D eigenvalue weighted by atomic mass is 32.2. The van der Waals surface area contributed by atoms with E-state index in [1.807, 2.05) is 6.92 Å². The lowest BCUT2D eigenvalue weighted by atomic mass is 10.3. The molecule has 4 nitrogen and oxygen atoms in total. The zero-order valence-corrected chi connectivity index (χ0v) is 8.19. The molecule has 0 aliphatic carbocycles. The molecule has 1 atom stereocenters. The van der Waals surface area contributed by atoms with E-state index in [-0.39, 0.29) is 11.9 Å². The molecule has 0 heterocycles. The third-order valence-corrected chi connectivity index (χ3v) is 2.57. The topological polar surface area (TPSA) is 81.1 Å². The summed E-state index contributed by atoms with van der Waals surface area (Å²) in [4.78, 5) is 10.6. The Labute approximate surface area is 77.4 Å². The summed E-state index contributed by atoms with van der Waals surface area (Å²) in [6.45, 7) is 1.97. The summed E-state index contributed by atoms with van der Waals surface area (Å²) in [7, 11) is 0. The monoisotopic (exact) mass is 191 g/mol. The van der Waals surface area contributed by atoms with Gasteiger partial charge in [-0.15, -0.1) is 0 Å². The summed E-state index contributed by atoms with van der Waals surface area (Å²) in [6.07, 6.45) is 1.36. The number of hydrogen-bond donors (Lipinski definition) is 3. The van der Waals surface area contributed by atoms with Crippen LogP contribution in [-0.4, -0.2) is 23.5 Å². The minimum absolute atomic E-state index is 0.101. The Hall–Kier alpha value is -0.260. The standard InChI is InChI=1S/C7H17N3OS/c1-6(8)5-12-4-2-3-7(11)10-9/h6H,2-5,8-9H2,1H3,(H,10,11). The molecule has 5 N–H and O–H groups in total. The number of amides is 1. The number of nitrogens with two attached hydrogens (primary N) is 2. The van der Waals surface area contributed by atoms with Crippen molar-refractivity contribution in [2.75, 3.05) is 11.5 Å². The third kappa shape index (κ3) is 7.84. The van der Waals surface area contributed by atoms with Crippen molar-refractivity contribution >= 4 is 17.7 Å². The van der Waals surface area contributed by atoms with Crippen molar-refractivity contribution in [2.24, 2.45) is 11.6 Å². The minimum atomic E-state index is -0.101. The van der Waals surface area contributed by atoms with Crippen LogP contribution < -0.4 is 17.0 Å². The minimum Gasteiger partial charge on any atom is -0.327 e. The Balaban J connectivity index is 3.05. The molecular formula is C7H17N3OS. The summed E-state index contributed by atoms with van der Waals surface area (Å²) < 4.78 is 0. The largest absolute Gasteiger partial charge is 0.327 e. The number of thioether (sulfide) groups is 1. The first-order valence-electron chi connectivity index (χ1n) is 3.99. The van der Waals surface area contributed by atoms with Crippen molar-refractivity contribution in [3.05, 3.63) is 0 Å². The zero-order valence-electron chi connectivity index (χ0n) is 7.38. The maximum Gasteiger partial charge on any atom is 0.233 e. The predicted molar refractivity (Wildman–Crippen MR) is 52.5 cm³/mol. The second-order valence-electron chi connectivity index (χ2n) is 2.72. The first kappa shape index (κ1) is 11.7. The fourth-order valence-electron chi connectivity index (χ4n) is 0.676. The SMILES string of the molecule is CC(N)CSCCCC(=O)NN. The highest BCUT2D eigenvalue weighted by Gasteiger charge is 1.98. The first-order valence-corrected chi connectivity index (χ1v) is 5.15. The Bertz CT molecular complexity index is 130. The van der Waals surface area contributed by atoms with Crippen LogP contribution in [0.5, 0.6) is 0 Å². The van der Waals surface area contributed by atoms with Crippen LogP contribution in [0.4, 0.5) is 0 Å². The van der Waals surface area contributed by atoms with Gasteiger partial charge in [0.1, 0.15) is 0 Å². The second-order valence-corrected chi connectivity index (χ2v) is 3.87. The summed E-state index contributed by atoms with van der Waals surface area (Å²) in [5, 5.41) is 0. The van der Waals surface area contributed by atoms with E-state index in [0.29, 0.717) is 6.42 Å². The number of hydrazine groups is 1. The molecule has 0 spiro atoms. The molecule has 5 heteroatoms. The molecule has 0 aliphatic rings. The van der Waals surface area contributed by atoms with Gasteiger partial charge in [-0.3, -0.25) is 10.2 Å². The summed E-state index contributed by atoms with van der Waals surface area (Å²) in [5.41, 5.74) is 7.63. The number of carbonyl (C=O) groups is 1. The maximum absolute atomic E-state index is 10.6. The molecule has 0 radical (unpaired) electrons. The quantitative estimate of drug-likeness (QED) is 0.236. The van der Waals surface area contributed by atoms with Crippen molar-refractivity contribution in [1.82, 2.24) is 5.43 Å². The van der Waals surface area contributed by atoms with E-state index >= 15 is 0 Å². The van der Waals surface area contributed by atoms with Crippen molar-refractivity contribution in [2.45, 2.75) is 25.8 Å². The number of carbonyl (C=O) groups excluding carboxylic acids is 1. The molecule has 0 saturated carbocycles. The molecule has 1 unspecified atom stereocenters. The lowest BCUT2D eigenvalue weighted by molar-refractivity contribution is -0.121. The predicted octanol–water partition coefficient (Wildman–Crippen LogP) is -0.163. The van der Waals surface area contributed by atoms with Gasteiger partial charge in [0, 0.05) is 18.2 Å². The summed E-state index contributed by atoms with van der Waals surface area (Å²) >= 11 is 1.77. The van der Waals surface area contributed by atoms with Crippen LogP contribution >= 0.6 is 11.8 Å². The van der Waals surface area contributed by atoms with Crippen LogP contribution in [0.15, 0.2) is 0 Å². The van der Waals surface area contributed by atoms with E-state index in [2.05, 4.69) is 5.43 Å². The number of nitrogens with one attached hydrogen (secondary N) is 1. The van der Waals surface area contributed by atoms with Crippen LogP contribution in [0, 0.1) is 0 Å². The van der Waals surface area contributed by atoms with Crippen LogP contribution in [0.3, 0.4) is 0 Å². The molecule has 1 amide bonds. The molecular weight excluding hydrogens is 174 g/mol. The van der Waals surface area contributed by atoms with Gasteiger partial charge in [-0.2, -0.15) is 11.8 Å². The zero-order chi connectivity index (χ0) is 9.40. The molecule has 0 aliphatic heterocycles. The Morgan fingerprint density at radius 2 is 2.33 bits per heavy atom. The molecule has 0 bridgehead atoms. The van der Waals surface area contributed by atoms with Gasteiger partial charge in [0.25, 0.3) is 0 Å². The molecule has 0 fully saturated rings.